The van der Waals surface area contributed by atoms with Gasteiger partial charge in [0.15, 0.2) is 0 Å². The average molecular weight is 283 g/mol. The van der Waals surface area contributed by atoms with Crippen LogP contribution in [0, 0.1) is 0 Å². The molecule has 2 aromatic carbocycles. The summed E-state index contributed by atoms with van der Waals surface area (Å²) in [5, 5.41) is 10.0. The van der Waals surface area contributed by atoms with Crippen LogP contribution in [0.5, 0.6) is 5.88 Å². The minimum Gasteiger partial charge on any atom is -0.389 e. The Morgan fingerprint density at radius 1 is 1.19 bits per heavy atom. The third-order valence-corrected chi connectivity index (χ3v) is 3.63. The largest absolute Gasteiger partial charge is 0.416 e. The zero-order chi connectivity index (χ0) is 14.8. The molecule has 1 heterocycles. The number of fused-ring (bicyclic) bond motifs is 3. The minimum absolute atomic E-state index is 0.332. The van der Waals surface area contributed by atoms with Crippen molar-refractivity contribution in [2.24, 2.45) is 0 Å². The van der Waals surface area contributed by atoms with E-state index in [1.54, 1.807) is 4.90 Å². The van der Waals surface area contributed by atoms with Crippen molar-refractivity contribution in [1.29, 1.82) is 0 Å². The normalized spacial score (nSPS) is 11.0. The molecule has 5 heteroatoms. The molecular weight excluding hydrogens is 266 g/mol. The number of rotatable bonds is 3. The van der Waals surface area contributed by atoms with Gasteiger partial charge in [-0.1, -0.05) is 30.3 Å². The van der Waals surface area contributed by atoms with Crippen LogP contribution in [0.1, 0.15) is 13.8 Å². The van der Waals surface area contributed by atoms with Gasteiger partial charge in [-0.25, -0.2) is 4.79 Å². The van der Waals surface area contributed by atoms with Crippen LogP contribution in [0.4, 0.5) is 4.79 Å². The first kappa shape index (κ1) is 13.4. The molecule has 21 heavy (non-hydrogen) atoms. The molecular formula is C16H17N3O2. The maximum Gasteiger partial charge on any atom is 0.416 e. The molecule has 0 radical (unpaired) electrons. The Balaban J connectivity index is 2.07. The van der Waals surface area contributed by atoms with Gasteiger partial charge in [-0.15, -0.1) is 5.10 Å². The van der Waals surface area contributed by atoms with Crippen molar-refractivity contribution in [3.63, 3.8) is 0 Å². The second-order valence-corrected chi connectivity index (χ2v) is 4.78. The molecule has 1 amide bonds. The fourth-order valence-electron chi connectivity index (χ4n) is 2.46. The van der Waals surface area contributed by atoms with Gasteiger partial charge in [0.05, 0.1) is 10.9 Å². The van der Waals surface area contributed by atoms with Crippen molar-refractivity contribution < 1.29 is 9.53 Å². The summed E-state index contributed by atoms with van der Waals surface area (Å²) in [7, 11) is 0. The fraction of sp³-hybridized carbons (Fsp3) is 0.250. The van der Waals surface area contributed by atoms with Crippen LogP contribution in [0.2, 0.25) is 0 Å². The van der Waals surface area contributed by atoms with Crippen molar-refractivity contribution in [3.8, 4) is 5.88 Å². The van der Waals surface area contributed by atoms with E-state index in [1.165, 1.54) is 0 Å². The smallest absolute Gasteiger partial charge is 0.389 e. The second kappa shape index (κ2) is 5.44. The summed E-state index contributed by atoms with van der Waals surface area (Å²) < 4.78 is 5.46. The van der Waals surface area contributed by atoms with Crippen LogP contribution < -0.4 is 4.74 Å². The lowest BCUT2D eigenvalue weighted by molar-refractivity contribution is 0.156. The molecule has 0 aliphatic rings. The zero-order valence-corrected chi connectivity index (χ0v) is 12.1. The summed E-state index contributed by atoms with van der Waals surface area (Å²) >= 11 is 0. The zero-order valence-electron chi connectivity index (χ0n) is 12.1. The van der Waals surface area contributed by atoms with Gasteiger partial charge in [0.1, 0.15) is 0 Å². The van der Waals surface area contributed by atoms with E-state index < -0.39 is 0 Å². The molecule has 0 spiro atoms. The molecule has 0 saturated heterocycles. The Hall–Kier alpha value is -2.56. The first-order valence-corrected chi connectivity index (χ1v) is 7.07. The Morgan fingerprint density at radius 2 is 1.95 bits per heavy atom. The number of H-pyrrole nitrogens is 1. The van der Waals surface area contributed by atoms with Crippen LogP contribution in [0.25, 0.3) is 21.7 Å². The molecule has 1 N–H and O–H groups in total. The highest BCUT2D eigenvalue weighted by atomic mass is 16.6. The minimum atomic E-state index is -0.374. The van der Waals surface area contributed by atoms with E-state index in [4.69, 9.17) is 4.74 Å². The second-order valence-electron chi connectivity index (χ2n) is 4.78. The summed E-state index contributed by atoms with van der Waals surface area (Å²) in [5.41, 5.74) is 0.857. The maximum absolute atomic E-state index is 12.1. The van der Waals surface area contributed by atoms with Crippen LogP contribution in [0.15, 0.2) is 36.4 Å². The number of ether oxygens (including phenoxy) is 1. The number of hydrogen-bond acceptors (Lipinski definition) is 3. The number of aromatic nitrogens is 2. The van der Waals surface area contributed by atoms with Crippen LogP contribution in [-0.4, -0.2) is 34.3 Å². The third-order valence-electron chi connectivity index (χ3n) is 3.63. The van der Waals surface area contributed by atoms with Gasteiger partial charge >= 0.3 is 6.09 Å². The van der Waals surface area contributed by atoms with E-state index in [9.17, 15) is 4.79 Å². The highest BCUT2D eigenvalue weighted by molar-refractivity contribution is 6.09. The van der Waals surface area contributed by atoms with Gasteiger partial charge in [-0.3, -0.25) is 5.10 Å². The Morgan fingerprint density at radius 3 is 2.71 bits per heavy atom. The molecule has 3 rings (SSSR count). The summed E-state index contributed by atoms with van der Waals surface area (Å²) in [5.74, 6) is 0.332. The van der Waals surface area contributed by atoms with E-state index in [0.29, 0.717) is 19.0 Å². The van der Waals surface area contributed by atoms with Gasteiger partial charge in [0.2, 0.25) is 0 Å². The average Bonchev–Trinajstić information content (AvgIpc) is 2.92. The highest BCUT2D eigenvalue weighted by Gasteiger charge is 2.17. The summed E-state index contributed by atoms with van der Waals surface area (Å²) in [4.78, 5) is 13.7. The van der Waals surface area contributed by atoms with Crippen molar-refractivity contribution in [1.82, 2.24) is 15.1 Å². The topological polar surface area (TPSA) is 58.2 Å². The molecule has 0 fully saturated rings. The molecule has 5 nitrogen and oxygen atoms in total. The monoisotopic (exact) mass is 283 g/mol. The maximum atomic E-state index is 12.1. The molecule has 0 atom stereocenters. The first-order valence-electron chi connectivity index (χ1n) is 7.07. The lowest BCUT2D eigenvalue weighted by atomic mass is 10.1. The van der Waals surface area contributed by atoms with Crippen molar-refractivity contribution in [2.45, 2.75) is 13.8 Å². The van der Waals surface area contributed by atoms with Crippen molar-refractivity contribution >= 4 is 27.8 Å². The number of benzene rings is 2. The first-order chi connectivity index (χ1) is 10.2. The number of amides is 1. The van der Waals surface area contributed by atoms with Gasteiger partial charge in [-0.2, -0.15) is 0 Å². The molecule has 0 aliphatic carbocycles. The molecule has 3 aromatic rings. The number of nitrogens with zero attached hydrogens (tertiary/aromatic N) is 2. The predicted octanol–water partition coefficient (Wildman–Crippen LogP) is 3.56. The van der Waals surface area contributed by atoms with E-state index >= 15 is 0 Å². The van der Waals surface area contributed by atoms with Crippen molar-refractivity contribution in [2.75, 3.05) is 13.1 Å². The van der Waals surface area contributed by atoms with Crippen molar-refractivity contribution in [3.05, 3.63) is 36.4 Å². The Bertz CT molecular complexity index is 790. The van der Waals surface area contributed by atoms with Crippen LogP contribution in [-0.2, 0) is 0 Å². The quantitative estimate of drug-likeness (QED) is 0.799. The van der Waals surface area contributed by atoms with Gasteiger partial charge in [0.25, 0.3) is 5.88 Å². The number of aromatic amines is 1. The predicted molar refractivity (Wildman–Crippen MR) is 82.5 cm³/mol. The van der Waals surface area contributed by atoms with E-state index in [1.807, 2.05) is 50.2 Å². The van der Waals surface area contributed by atoms with Gasteiger partial charge in [-0.05, 0) is 30.7 Å². The van der Waals surface area contributed by atoms with E-state index in [-0.39, 0.29) is 6.09 Å². The van der Waals surface area contributed by atoms with E-state index in [0.717, 1.165) is 21.7 Å². The lowest BCUT2D eigenvalue weighted by Crippen LogP contribution is -2.33. The highest BCUT2D eigenvalue weighted by Crippen LogP contribution is 2.31. The van der Waals surface area contributed by atoms with Gasteiger partial charge in [0, 0.05) is 13.1 Å². The number of nitrogens with one attached hydrogen (secondary N) is 1. The SMILES string of the molecule is CCN(CC)C(=O)Oc1n[nH]c2ccc3ccccc3c12. The molecule has 1 aromatic heterocycles. The molecule has 108 valence electrons. The molecule has 0 unspecified atom stereocenters. The molecule has 0 saturated carbocycles. The summed E-state index contributed by atoms with van der Waals surface area (Å²) in [6.07, 6.45) is -0.374. The molecule has 0 bridgehead atoms. The Kier molecular flexibility index (Phi) is 3.48. The number of carbonyl (C=O) groups excluding carboxylic acids is 1. The fourth-order valence-corrected chi connectivity index (χ4v) is 2.46. The van der Waals surface area contributed by atoms with E-state index in [2.05, 4.69) is 10.2 Å². The summed E-state index contributed by atoms with van der Waals surface area (Å²) in [6.45, 7) is 5.06. The number of carbonyl (C=O) groups is 1. The number of hydrogen-bond donors (Lipinski definition) is 1. The van der Waals surface area contributed by atoms with Crippen LogP contribution in [0.3, 0.4) is 0 Å². The standard InChI is InChI=1S/C16H17N3O2/c1-3-19(4-2)16(20)21-15-14-12-8-6-5-7-11(12)9-10-13(14)17-18-15/h5-10H,3-4H2,1-2H3,(H,17,18). The summed E-state index contributed by atoms with van der Waals surface area (Å²) in [6, 6.07) is 11.9. The third kappa shape index (κ3) is 2.31. The molecule has 0 aliphatic heterocycles. The van der Waals surface area contributed by atoms with Crippen LogP contribution >= 0.6 is 0 Å². The lowest BCUT2D eigenvalue weighted by Gasteiger charge is -2.16. The Labute approximate surface area is 122 Å². The van der Waals surface area contributed by atoms with Gasteiger partial charge < -0.3 is 9.64 Å².